The van der Waals surface area contributed by atoms with E-state index in [-0.39, 0.29) is 10.7 Å². The summed E-state index contributed by atoms with van der Waals surface area (Å²) in [6, 6.07) is 20.7. The molecule has 196 valence electrons. The van der Waals surface area contributed by atoms with Gasteiger partial charge in [0.25, 0.3) is 15.9 Å². The van der Waals surface area contributed by atoms with E-state index in [4.69, 9.17) is 11.6 Å². The van der Waals surface area contributed by atoms with Crippen molar-refractivity contribution in [2.24, 2.45) is 5.10 Å². The molecule has 0 saturated carbocycles. The Hall–Kier alpha value is -3.95. The van der Waals surface area contributed by atoms with Gasteiger partial charge in [0.05, 0.1) is 16.8 Å². The number of aryl methyl sites for hydroxylation is 2. The molecule has 1 N–H and O–H groups in total. The van der Waals surface area contributed by atoms with E-state index in [1.807, 2.05) is 24.5 Å². The number of halogens is 2. The summed E-state index contributed by atoms with van der Waals surface area (Å²) < 4.78 is 43.3. The van der Waals surface area contributed by atoms with Crippen molar-refractivity contribution in [1.29, 1.82) is 0 Å². The predicted molar refractivity (Wildman–Crippen MR) is 148 cm³/mol. The number of nitrogens with one attached hydrogen (secondary N) is 1. The van der Waals surface area contributed by atoms with Gasteiger partial charge in [-0.15, -0.1) is 0 Å². The summed E-state index contributed by atoms with van der Waals surface area (Å²) in [5.41, 5.74) is 6.65. The third kappa shape index (κ3) is 5.79. The van der Waals surface area contributed by atoms with E-state index >= 15 is 0 Å². The average Bonchev–Trinajstić information content (AvgIpc) is 3.16. The molecule has 7 nitrogen and oxygen atoms in total. The summed E-state index contributed by atoms with van der Waals surface area (Å²) in [5, 5.41) is 4.52. The number of hydrogen-bond acceptors (Lipinski definition) is 4. The first kappa shape index (κ1) is 27.1. The number of anilines is 1. The zero-order chi connectivity index (χ0) is 27.4. The van der Waals surface area contributed by atoms with Crippen LogP contribution in [0.25, 0.3) is 5.69 Å². The fourth-order valence-electron chi connectivity index (χ4n) is 4.16. The van der Waals surface area contributed by atoms with Gasteiger partial charge in [0, 0.05) is 27.7 Å². The molecule has 3 aromatic carbocycles. The highest BCUT2D eigenvalue weighted by atomic mass is 35.5. The Kier molecular flexibility index (Phi) is 7.99. The van der Waals surface area contributed by atoms with Crippen molar-refractivity contribution < 1.29 is 17.6 Å². The molecular weight excluding hydrogens is 527 g/mol. The molecule has 0 aliphatic rings. The van der Waals surface area contributed by atoms with Crippen LogP contribution in [-0.2, 0) is 14.8 Å². The van der Waals surface area contributed by atoms with Crippen LogP contribution in [0.3, 0.4) is 0 Å². The quantitative estimate of drug-likeness (QED) is 0.230. The zero-order valence-corrected chi connectivity index (χ0v) is 22.6. The van der Waals surface area contributed by atoms with Crippen LogP contribution in [0.4, 0.5) is 10.1 Å². The largest absolute Gasteiger partial charge is 0.318 e. The number of carbonyl (C=O) groups is 1. The minimum atomic E-state index is -4.06. The summed E-state index contributed by atoms with van der Waals surface area (Å²) in [7, 11) is -4.06. The maximum Gasteiger partial charge on any atom is 0.264 e. The maximum atomic E-state index is 13.5. The fourth-order valence-corrected chi connectivity index (χ4v) is 5.90. The molecule has 4 aromatic rings. The van der Waals surface area contributed by atoms with Gasteiger partial charge in [0.1, 0.15) is 12.4 Å². The van der Waals surface area contributed by atoms with Crippen molar-refractivity contribution in [3.05, 3.63) is 112 Å². The summed E-state index contributed by atoms with van der Waals surface area (Å²) in [5.74, 6) is -0.944. The Morgan fingerprint density at radius 2 is 1.71 bits per heavy atom. The molecule has 0 spiro atoms. The van der Waals surface area contributed by atoms with E-state index in [0.29, 0.717) is 16.3 Å². The topological polar surface area (TPSA) is 83.8 Å². The van der Waals surface area contributed by atoms with Crippen LogP contribution in [0.1, 0.15) is 22.5 Å². The van der Waals surface area contributed by atoms with Gasteiger partial charge in [-0.2, -0.15) is 5.10 Å². The van der Waals surface area contributed by atoms with Gasteiger partial charge in [-0.05, 0) is 87.0 Å². The number of sulfonamides is 1. The molecule has 1 amide bonds. The first-order valence-electron chi connectivity index (χ1n) is 11.7. The molecule has 0 bridgehead atoms. The second kappa shape index (κ2) is 11.2. The first-order chi connectivity index (χ1) is 18.1. The summed E-state index contributed by atoms with van der Waals surface area (Å²) in [6.07, 6.45) is 1.49. The van der Waals surface area contributed by atoms with Crippen LogP contribution < -0.4 is 9.73 Å². The van der Waals surface area contributed by atoms with E-state index in [0.717, 1.165) is 26.9 Å². The number of amides is 1. The summed E-state index contributed by atoms with van der Waals surface area (Å²) in [6.45, 7) is 5.03. The molecule has 0 radical (unpaired) electrons. The van der Waals surface area contributed by atoms with Crippen LogP contribution in [0.2, 0.25) is 5.02 Å². The van der Waals surface area contributed by atoms with Crippen molar-refractivity contribution in [2.45, 2.75) is 25.7 Å². The SMILES string of the molecule is Cc1cc(Cl)ccc1N(CC(=O)N/N=C\c1cc(C)n(-c2ccc(F)cc2)c1C)S(=O)(=O)c1ccccc1. The third-order valence-electron chi connectivity index (χ3n) is 5.99. The number of aromatic nitrogens is 1. The van der Waals surface area contributed by atoms with Crippen LogP contribution in [0, 0.1) is 26.6 Å². The predicted octanol–water partition coefficient (Wildman–Crippen LogP) is 5.54. The van der Waals surface area contributed by atoms with Gasteiger partial charge in [-0.3, -0.25) is 9.10 Å². The van der Waals surface area contributed by atoms with Crippen molar-refractivity contribution in [3.63, 3.8) is 0 Å². The van der Waals surface area contributed by atoms with Crippen LogP contribution in [-0.4, -0.2) is 31.7 Å². The van der Waals surface area contributed by atoms with Crippen molar-refractivity contribution in [3.8, 4) is 5.69 Å². The highest BCUT2D eigenvalue weighted by Gasteiger charge is 2.28. The van der Waals surface area contributed by atoms with E-state index in [9.17, 15) is 17.6 Å². The minimum absolute atomic E-state index is 0.0545. The number of hydrogen-bond donors (Lipinski definition) is 1. The van der Waals surface area contributed by atoms with E-state index in [1.54, 1.807) is 55.5 Å². The fraction of sp³-hybridized carbons (Fsp3) is 0.143. The smallest absolute Gasteiger partial charge is 0.264 e. The molecule has 0 aliphatic heterocycles. The number of benzene rings is 3. The number of carbonyl (C=O) groups excluding carboxylic acids is 1. The van der Waals surface area contributed by atoms with Gasteiger partial charge < -0.3 is 4.57 Å². The second-order valence-electron chi connectivity index (χ2n) is 8.69. The van der Waals surface area contributed by atoms with Gasteiger partial charge in [-0.1, -0.05) is 29.8 Å². The molecule has 10 heteroatoms. The monoisotopic (exact) mass is 552 g/mol. The molecule has 0 unspecified atom stereocenters. The lowest BCUT2D eigenvalue weighted by Gasteiger charge is -2.25. The Morgan fingerprint density at radius 3 is 2.37 bits per heavy atom. The number of nitrogens with zero attached hydrogens (tertiary/aromatic N) is 3. The van der Waals surface area contributed by atoms with E-state index in [1.165, 1.54) is 30.5 Å². The maximum absolute atomic E-state index is 13.5. The third-order valence-corrected chi connectivity index (χ3v) is 8.00. The average molecular weight is 553 g/mol. The van der Waals surface area contributed by atoms with E-state index < -0.39 is 22.5 Å². The molecule has 0 aliphatic carbocycles. The Morgan fingerprint density at radius 1 is 1.03 bits per heavy atom. The van der Waals surface area contributed by atoms with Crippen LogP contribution in [0.5, 0.6) is 0 Å². The van der Waals surface area contributed by atoms with Gasteiger partial charge in [0.15, 0.2) is 0 Å². The minimum Gasteiger partial charge on any atom is -0.318 e. The lowest BCUT2D eigenvalue weighted by Crippen LogP contribution is -2.40. The molecular formula is C28H26ClFN4O3S. The molecule has 0 atom stereocenters. The second-order valence-corrected chi connectivity index (χ2v) is 11.0. The highest BCUT2D eigenvalue weighted by Crippen LogP contribution is 2.28. The first-order valence-corrected chi connectivity index (χ1v) is 13.5. The summed E-state index contributed by atoms with van der Waals surface area (Å²) in [4.78, 5) is 12.9. The molecule has 38 heavy (non-hydrogen) atoms. The number of hydrazone groups is 1. The number of rotatable bonds is 8. The lowest BCUT2D eigenvalue weighted by atomic mass is 10.2. The van der Waals surface area contributed by atoms with Crippen molar-refractivity contribution >= 4 is 39.4 Å². The van der Waals surface area contributed by atoms with Crippen LogP contribution >= 0.6 is 11.6 Å². The highest BCUT2D eigenvalue weighted by molar-refractivity contribution is 7.92. The molecule has 1 aromatic heterocycles. The Labute approximate surface area is 226 Å². The normalized spacial score (nSPS) is 11.6. The Bertz CT molecular complexity index is 1600. The zero-order valence-electron chi connectivity index (χ0n) is 21.0. The molecule has 1 heterocycles. The molecule has 0 saturated heterocycles. The van der Waals surface area contributed by atoms with Crippen LogP contribution in [0.15, 0.2) is 88.9 Å². The molecule has 0 fully saturated rings. The van der Waals surface area contributed by atoms with Crippen molar-refractivity contribution in [1.82, 2.24) is 9.99 Å². The summed E-state index contributed by atoms with van der Waals surface area (Å²) >= 11 is 6.07. The van der Waals surface area contributed by atoms with E-state index in [2.05, 4.69) is 10.5 Å². The lowest BCUT2D eigenvalue weighted by molar-refractivity contribution is -0.119. The van der Waals surface area contributed by atoms with Crippen molar-refractivity contribution in [2.75, 3.05) is 10.8 Å². The Balaban J connectivity index is 1.56. The van der Waals surface area contributed by atoms with Gasteiger partial charge in [0.2, 0.25) is 0 Å². The van der Waals surface area contributed by atoms with Gasteiger partial charge in [-0.25, -0.2) is 18.2 Å². The molecule has 4 rings (SSSR count). The standard InChI is InChI=1S/C28H26ClFN4O3S/c1-19-15-23(29)9-14-27(19)33(38(36,37)26-7-5-4-6-8-26)18-28(35)32-31-17-22-16-20(2)34(21(22)3)25-12-10-24(30)11-13-25/h4-17H,18H2,1-3H3,(H,32,35)/b31-17-. The van der Waals surface area contributed by atoms with Gasteiger partial charge >= 0.3 is 0 Å².